The monoisotopic (exact) mass is 345 g/mol. The predicted octanol–water partition coefficient (Wildman–Crippen LogP) is 3.18. The lowest BCUT2D eigenvalue weighted by Crippen LogP contribution is -2.44. The minimum absolute atomic E-state index is 0.0683. The third-order valence-electron chi connectivity index (χ3n) is 5.65. The van der Waals surface area contributed by atoms with E-state index in [0.717, 1.165) is 31.0 Å². The molecule has 0 unspecified atom stereocenters. The summed E-state index contributed by atoms with van der Waals surface area (Å²) in [5.74, 6) is -1.11. The number of rotatable bonds is 4. The van der Waals surface area contributed by atoms with E-state index in [0.29, 0.717) is 18.4 Å². The molecule has 2 aliphatic carbocycles. The van der Waals surface area contributed by atoms with Crippen LogP contribution in [0.4, 0.5) is 8.78 Å². The number of aryl methyl sites for hydroxylation is 1. The van der Waals surface area contributed by atoms with Crippen molar-refractivity contribution in [3.05, 3.63) is 53.6 Å². The van der Waals surface area contributed by atoms with Gasteiger partial charge in [0.15, 0.2) is 0 Å². The lowest BCUT2D eigenvalue weighted by atomic mass is 9.78. The molecule has 0 spiro atoms. The van der Waals surface area contributed by atoms with E-state index in [1.54, 1.807) is 6.33 Å². The van der Waals surface area contributed by atoms with Gasteiger partial charge in [-0.3, -0.25) is 4.79 Å². The summed E-state index contributed by atoms with van der Waals surface area (Å²) >= 11 is 0. The Labute approximate surface area is 145 Å². The Hall–Kier alpha value is -2.24. The van der Waals surface area contributed by atoms with Crippen LogP contribution in [0.15, 0.2) is 30.7 Å². The number of carbonyl (C=O) groups is 1. The lowest BCUT2D eigenvalue weighted by Gasteiger charge is -2.28. The molecule has 132 valence electrons. The first-order chi connectivity index (χ1) is 12.0. The Morgan fingerprint density at radius 3 is 2.52 bits per heavy atom. The number of halogens is 2. The molecule has 1 aromatic heterocycles. The van der Waals surface area contributed by atoms with Gasteiger partial charge in [0.05, 0.1) is 11.7 Å². The number of hydrogen-bond donors (Lipinski definition) is 1. The number of carbonyl (C=O) groups excluding carboxylic acids is 1. The van der Waals surface area contributed by atoms with Gasteiger partial charge < -0.3 is 9.88 Å². The second kappa shape index (κ2) is 5.93. The number of amides is 1. The number of aromatic nitrogens is 2. The molecule has 0 bridgehead atoms. The zero-order valence-electron chi connectivity index (χ0n) is 14.1. The van der Waals surface area contributed by atoms with Gasteiger partial charge in [-0.1, -0.05) is 12.8 Å². The molecule has 1 heterocycles. The van der Waals surface area contributed by atoms with Crippen LogP contribution < -0.4 is 5.32 Å². The molecule has 1 aromatic carbocycles. The van der Waals surface area contributed by atoms with Gasteiger partial charge in [0.2, 0.25) is 5.91 Å². The van der Waals surface area contributed by atoms with Crippen molar-refractivity contribution >= 4 is 5.91 Å². The third kappa shape index (κ3) is 2.83. The molecular weight excluding hydrogens is 324 g/mol. The fourth-order valence-electron chi connectivity index (χ4n) is 4.17. The van der Waals surface area contributed by atoms with Crippen LogP contribution in [0.3, 0.4) is 0 Å². The molecule has 6 heteroatoms. The molecule has 1 N–H and O–H groups in total. The maximum absolute atomic E-state index is 13.7. The van der Waals surface area contributed by atoms with Crippen molar-refractivity contribution in [2.45, 2.75) is 49.5 Å². The predicted molar refractivity (Wildman–Crippen MR) is 89.0 cm³/mol. The van der Waals surface area contributed by atoms with Crippen molar-refractivity contribution in [2.24, 2.45) is 7.05 Å². The topological polar surface area (TPSA) is 46.9 Å². The first-order valence-corrected chi connectivity index (χ1v) is 8.73. The second-order valence-electron chi connectivity index (χ2n) is 7.30. The summed E-state index contributed by atoms with van der Waals surface area (Å²) in [4.78, 5) is 17.2. The van der Waals surface area contributed by atoms with Gasteiger partial charge in [-0.25, -0.2) is 13.8 Å². The van der Waals surface area contributed by atoms with E-state index in [9.17, 15) is 13.6 Å². The largest absolute Gasteiger partial charge is 0.352 e. The van der Waals surface area contributed by atoms with Crippen LogP contribution in [-0.2, 0) is 17.3 Å². The van der Waals surface area contributed by atoms with Gasteiger partial charge >= 0.3 is 0 Å². The molecule has 2 aliphatic rings. The third-order valence-corrected chi connectivity index (χ3v) is 5.65. The van der Waals surface area contributed by atoms with Crippen LogP contribution in [0, 0.1) is 11.6 Å². The highest BCUT2D eigenvalue weighted by molar-refractivity contribution is 5.89. The summed E-state index contributed by atoms with van der Waals surface area (Å²) in [7, 11) is 1.94. The summed E-state index contributed by atoms with van der Waals surface area (Å²) in [6.45, 7) is 0. The Morgan fingerprint density at radius 1 is 1.24 bits per heavy atom. The first kappa shape index (κ1) is 16.2. The van der Waals surface area contributed by atoms with E-state index >= 15 is 0 Å². The highest BCUT2D eigenvalue weighted by atomic mass is 19.1. The molecule has 4 nitrogen and oxygen atoms in total. The summed E-state index contributed by atoms with van der Waals surface area (Å²) in [6, 6.07) is 3.53. The molecule has 4 rings (SSSR count). The van der Waals surface area contributed by atoms with Crippen LogP contribution in [0.2, 0.25) is 0 Å². The van der Waals surface area contributed by atoms with Crippen molar-refractivity contribution in [3.8, 4) is 0 Å². The minimum Gasteiger partial charge on any atom is -0.352 e. The standard InChI is InChI=1S/C19H21F2N3O/c1-24-11-22-10-17(24)15-9-16(15)23-18(25)19(4-2-3-5-19)12-6-13(20)8-14(21)7-12/h6-8,10-11,15-16H,2-5,9H2,1H3,(H,23,25)/t15-,16-/m1/s1. The van der Waals surface area contributed by atoms with Crippen molar-refractivity contribution in [3.63, 3.8) is 0 Å². The fraction of sp³-hybridized carbons (Fsp3) is 0.474. The fourth-order valence-corrected chi connectivity index (χ4v) is 4.17. The number of imidazole rings is 1. The Bertz CT molecular complexity index is 791. The van der Waals surface area contributed by atoms with Gasteiger partial charge in [0.1, 0.15) is 11.6 Å². The number of hydrogen-bond acceptors (Lipinski definition) is 2. The van der Waals surface area contributed by atoms with E-state index in [1.165, 1.54) is 12.1 Å². The van der Waals surface area contributed by atoms with Crippen molar-refractivity contribution in [1.29, 1.82) is 0 Å². The van der Waals surface area contributed by atoms with Crippen LogP contribution >= 0.6 is 0 Å². The van der Waals surface area contributed by atoms with E-state index in [1.807, 2.05) is 17.8 Å². The first-order valence-electron chi connectivity index (χ1n) is 8.73. The zero-order chi connectivity index (χ0) is 17.6. The molecule has 2 saturated carbocycles. The normalized spacial score (nSPS) is 24.3. The number of nitrogens with one attached hydrogen (secondary N) is 1. The maximum atomic E-state index is 13.7. The van der Waals surface area contributed by atoms with Crippen molar-refractivity contribution < 1.29 is 13.6 Å². The van der Waals surface area contributed by atoms with Crippen molar-refractivity contribution in [1.82, 2.24) is 14.9 Å². The summed E-state index contributed by atoms with van der Waals surface area (Å²) in [5.41, 5.74) is 0.739. The highest BCUT2D eigenvalue weighted by Crippen LogP contribution is 2.45. The van der Waals surface area contributed by atoms with E-state index in [4.69, 9.17) is 0 Å². The highest BCUT2D eigenvalue weighted by Gasteiger charge is 2.48. The average Bonchev–Trinajstić information content (AvgIpc) is 2.98. The van der Waals surface area contributed by atoms with Crippen LogP contribution in [0.1, 0.15) is 49.3 Å². The molecular formula is C19H21F2N3O. The molecule has 2 atom stereocenters. The van der Waals surface area contributed by atoms with Gasteiger partial charge in [-0.05, 0) is 37.0 Å². The molecule has 0 aliphatic heterocycles. The molecule has 0 radical (unpaired) electrons. The Morgan fingerprint density at radius 2 is 1.92 bits per heavy atom. The van der Waals surface area contributed by atoms with Gasteiger partial charge in [-0.15, -0.1) is 0 Å². The Balaban J connectivity index is 1.55. The average molecular weight is 345 g/mol. The van der Waals surface area contributed by atoms with E-state index < -0.39 is 17.0 Å². The smallest absolute Gasteiger partial charge is 0.230 e. The Kier molecular flexibility index (Phi) is 3.85. The molecule has 2 fully saturated rings. The van der Waals surface area contributed by atoms with Crippen LogP contribution in [0.5, 0.6) is 0 Å². The molecule has 0 saturated heterocycles. The minimum atomic E-state index is -0.817. The maximum Gasteiger partial charge on any atom is 0.230 e. The lowest BCUT2D eigenvalue weighted by molar-refractivity contribution is -0.126. The number of nitrogens with zero attached hydrogens (tertiary/aromatic N) is 2. The van der Waals surface area contributed by atoms with Crippen LogP contribution in [-0.4, -0.2) is 21.5 Å². The summed E-state index contributed by atoms with van der Waals surface area (Å²) in [5, 5.41) is 3.11. The zero-order valence-corrected chi connectivity index (χ0v) is 14.1. The SMILES string of the molecule is Cn1cncc1[C@@H]1C[C@H]1NC(=O)C1(c2cc(F)cc(F)c2)CCCC1. The quantitative estimate of drug-likeness (QED) is 0.925. The molecule has 2 aromatic rings. The number of benzene rings is 1. The summed E-state index contributed by atoms with van der Waals surface area (Å²) < 4.78 is 29.4. The van der Waals surface area contributed by atoms with Gasteiger partial charge in [0, 0.05) is 37.0 Å². The second-order valence-corrected chi connectivity index (χ2v) is 7.30. The van der Waals surface area contributed by atoms with E-state index in [-0.39, 0.29) is 17.9 Å². The van der Waals surface area contributed by atoms with Crippen LogP contribution in [0.25, 0.3) is 0 Å². The molecule has 25 heavy (non-hydrogen) atoms. The summed E-state index contributed by atoms with van der Waals surface area (Å²) in [6.07, 6.45) is 7.49. The van der Waals surface area contributed by atoms with Crippen molar-refractivity contribution in [2.75, 3.05) is 0 Å². The van der Waals surface area contributed by atoms with Gasteiger partial charge in [0.25, 0.3) is 0 Å². The van der Waals surface area contributed by atoms with E-state index in [2.05, 4.69) is 10.3 Å². The molecule has 1 amide bonds. The van der Waals surface area contributed by atoms with Gasteiger partial charge in [-0.2, -0.15) is 0 Å².